The normalized spacial score (nSPS) is 20.1. The third-order valence-electron chi connectivity index (χ3n) is 5.26. The molecule has 0 bridgehead atoms. The largest absolute Gasteiger partial charge is 0.460 e. The number of hydrogen-bond donors (Lipinski definition) is 1. The van der Waals surface area contributed by atoms with Crippen LogP contribution >= 0.6 is 11.8 Å². The number of aliphatic hydroxyl groups is 1. The fourth-order valence-corrected chi connectivity index (χ4v) is 4.68. The van der Waals surface area contributed by atoms with Gasteiger partial charge in [-0.25, -0.2) is 0 Å². The van der Waals surface area contributed by atoms with Gasteiger partial charge in [-0.15, -0.1) is 11.8 Å². The molecule has 0 amide bonds. The summed E-state index contributed by atoms with van der Waals surface area (Å²) >= 11 is 1.63. The van der Waals surface area contributed by atoms with Crippen LogP contribution in [-0.2, 0) is 15.3 Å². The molecule has 1 aromatic rings. The Balaban J connectivity index is 1.52. The van der Waals surface area contributed by atoms with Crippen LogP contribution in [0.2, 0.25) is 0 Å². The summed E-state index contributed by atoms with van der Waals surface area (Å²) in [5.74, 6) is 0.682. The Labute approximate surface area is 169 Å². The number of benzene rings is 1. The highest BCUT2D eigenvalue weighted by atomic mass is 32.2. The van der Waals surface area contributed by atoms with Crippen LogP contribution in [0.15, 0.2) is 30.3 Å². The maximum absolute atomic E-state index is 11.7. The third kappa shape index (κ3) is 8.69. The second-order valence-corrected chi connectivity index (χ2v) is 8.83. The van der Waals surface area contributed by atoms with Gasteiger partial charge in [0.1, 0.15) is 11.4 Å². The second kappa shape index (κ2) is 13.2. The first kappa shape index (κ1) is 22.3. The van der Waals surface area contributed by atoms with E-state index < -0.39 is 0 Å². The standard InChI is InChI=1S/C23H36O3S/c1-2-3-4-5-6-7-8-9-13-16-20(24)17-21-22(23(25)26-21)27-18-19-14-11-10-12-15-19/h10-12,14-15,20-22,24H,2-9,13,16-18H2,1H3/t20-,21-,22-/m1/s1. The quantitative estimate of drug-likeness (QED) is 0.299. The van der Waals surface area contributed by atoms with E-state index in [9.17, 15) is 9.90 Å². The number of carbonyl (C=O) groups is 1. The van der Waals surface area contributed by atoms with Gasteiger partial charge in [-0.2, -0.15) is 0 Å². The molecule has 1 aromatic carbocycles. The van der Waals surface area contributed by atoms with Crippen LogP contribution in [0.5, 0.6) is 0 Å². The number of unbranched alkanes of at least 4 members (excludes halogenated alkanes) is 8. The summed E-state index contributed by atoms with van der Waals surface area (Å²) in [6, 6.07) is 10.2. The molecule has 1 N–H and O–H groups in total. The van der Waals surface area contributed by atoms with Crippen molar-refractivity contribution < 1.29 is 14.6 Å². The molecular weight excluding hydrogens is 356 g/mol. The lowest BCUT2D eigenvalue weighted by atomic mass is 9.99. The van der Waals surface area contributed by atoms with E-state index in [1.54, 1.807) is 11.8 Å². The van der Waals surface area contributed by atoms with Crippen LogP contribution in [0.1, 0.15) is 83.1 Å². The number of ether oxygens (including phenoxy) is 1. The van der Waals surface area contributed by atoms with E-state index in [2.05, 4.69) is 19.1 Å². The molecule has 0 aliphatic carbocycles. The smallest absolute Gasteiger partial charge is 0.323 e. The van der Waals surface area contributed by atoms with Gasteiger partial charge in [0.15, 0.2) is 0 Å². The molecule has 1 aliphatic heterocycles. The summed E-state index contributed by atoms with van der Waals surface area (Å²) < 4.78 is 5.28. The van der Waals surface area contributed by atoms with Gasteiger partial charge in [0.05, 0.1) is 6.10 Å². The van der Waals surface area contributed by atoms with Crippen molar-refractivity contribution in [2.45, 2.75) is 101 Å². The molecule has 1 heterocycles. The number of thioether (sulfide) groups is 1. The zero-order valence-electron chi connectivity index (χ0n) is 16.8. The van der Waals surface area contributed by atoms with Crippen molar-refractivity contribution in [3.8, 4) is 0 Å². The molecule has 2 rings (SSSR count). The van der Waals surface area contributed by atoms with Crippen LogP contribution in [0.25, 0.3) is 0 Å². The highest BCUT2D eigenvalue weighted by molar-refractivity contribution is 8.00. The molecule has 27 heavy (non-hydrogen) atoms. The Morgan fingerprint density at radius 2 is 1.63 bits per heavy atom. The maximum atomic E-state index is 11.7. The van der Waals surface area contributed by atoms with Crippen molar-refractivity contribution in [3.05, 3.63) is 35.9 Å². The first-order valence-electron chi connectivity index (χ1n) is 10.7. The Morgan fingerprint density at radius 3 is 2.26 bits per heavy atom. The lowest BCUT2D eigenvalue weighted by molar-refractivity contribution is -0.169. The molecule has 4 heteroatoms. The van der Waals surface area contributed by atoms with Crippen molar-refractivity contribution in [1.82, 2.24) is 0 Å². The van der Waals surface area contributed by atoms with E-state index in [4.69, 9.17) is 4.74 Å². The number of aliphatic hydroxyl groups excluding tert-OH is 1. The molecular formula is C23H36O3S. The molecule has 1 aliphatic rings. The van der Waals surface area contributed by atoms with E-state index in [-0.39, 0.29) is 23.4 Å². The average Bonchev–Trinajstić information content (AvgIpc) is 2.67. The minimum Gasteiger partial charge on any atom is -0.460 e. The van der Waals surface area contributed by atoms with Crippen molar-refractivity contribution in [2.75, 3.05) is 0 Å². The Hall–Kier alpha value is -1.00. The lowest BCUT2D eigenvalue weighted by Gasteiger charge is -2.35. The first-order valence-corrected chi connectivity index (χ1v) is 11.8. The van der Waals surface area contributed by atoms with E-state index in [0.29, 0.717) is 6.42 Å². The fraction of sp³-hybridized carbons (Fsp3) is 0.696. The highest BCUT2D eigenvalue weighted by Gasteiger charge is 2.43. The molecule has 3 atom stereocenters. The summed E-state index contributed by atoms with van der Waals surface area (Å²) in [6.45, 7) is 2.25. The fourth-order valence-electron chi connectivity index (χ4n) is 3.54. The zero-order chi connectivity index (χ0) is 19.3. The monoisotopic (exact) mass is 392 g/mol. The van der Waals surface area contributed by atoms with E-state index in [1.165, 1.54) is 56.9 Å². The molecule has 0 saturated carbocycles. The summed E-state index contributed by atoms with van der Waals surface area (Å²) in [5, 5.41) is 10.2. The van der Waals surface area contributed by atoms with E-state index >= 15 is 0 Å². The van der Waals surface area contributed by atoms with Gasteiger partial charge in [0, 0.05) is 12.2 Å². The second-order valence-electron chi connectivity index (χ2n) is 7.70. The molecule has 0 radical (unpaired) electrons. The van der Waals surface area contributed by atoms with Crippen molar-refractivity contribution in [3.63, 3.8) is 0 Å². The van der Waals surface area contributed by atoms with Gasteiger partial charge in [0.2, 0.25) is 0 Å². The summed E-state index contributed by atoms with van der Waals surface area (Å²) in [6.07, 6.45) is 12.5. The Morgan fingerprint density at radius 1 is 1.00 bits per heavy atom. The summed E-state index contributed by atoms with van der Waals surface area (Å²) in [7, 11) is 0. The minimum absolute atomic E-state index is 0.122. The zero-order valence-corrected chi connectivity index (χ0v) is 17.6. The topological polar surface area (TPSA) is 46.5 Å². The maximum Gasteiger partial charge on any atom is 0.323 e. The van der Waals surface area contributed by atoms with Crippen LogP contribution in [-0.4, -0.2) is 28.5 Å². The van der Waals surface area contributed by atoms with Crippen molar-refractivity contribution in [2.24, 2.45) is 0 Å². The molecule has 3 nitrogen and oxygen atoms in total. The Kier molecular flexibility index (Phi) is 10.9. The SMILES string of the molecule is CCCCCCCCCCC[C@@H](O)C[C@H]1OC(=O)[C@@H]1SCc1ccccc1. The molecule has 0 aromatic heterocycles. The first-order chi connectivity index (χ1) is 13.2. The van der Waals surface area contributed by atoms with E-state index in [1.807, 2.05) is 18.2 Å². The molecule has 1 fully saturated rings. The lowest BCUT2D eigenvalue weighted by Crippen LogP contribution is -2.49. The third-order valence-corrected chi connectivity index (χ3v) is 6.61. The molecule has 152 valence electrons. The number of esters is 1. The number of cyclic esters (lactones) is 1. The minimum atomic E-state index is -0.354. The predicted molar refractivity (Wildman–Crippen MR) is 114 cm³/mol. The van der Waals surface area contributed by atoms with Crippen LogP contribution in [0.4, 0.5) is 0 Å². The number of hydrogen-bond acceptors (Lipinski definition) is 4. The molecule has 0 unspecified atom stereocenters. The van der Waals surface area contributed by atoms with Gasteiger partial charge in [-0.1, -0.05) is 95.0 Å². The van der Waals surface area contributed by atoms with Crippen LogP contribution < -0.4 is 0 Å². The van der Waals surface area contributed by atoms with Crippen LogP contribution in [0, 0.1) is 0 Å². The predicted octanol–water partition coefficient (Wildman–Crippen LogP) is 5.89. The summed E-state index contributed by atoms with van der Waals surface area (Å²) in [4.78, 5) is 11.7. The number of rotatable bonds is 15. The van der Waals surface area contributed by atoms with E-state index in [0.717, 1.165) is 18.6 Å². The Bertz CT molecular complexity index is 520. The van der Waals surface area contributed by atoms with Gasteiger partial charge < -0.3 is 9.84 Å². The average molecular weight is 393 g/mol. The number of carbonyl (C=O) groups excluding carboxylic acids is 1. The van der Waals surface area contributed by atoms with Crippen molar-refractivity contribution in [1.29, 1.82) is 0 Å². The van der Waals surface area contributed by atoms with Gasteiger partial charge >= 0.3 is 5.97 Å². The van der Waals surface area contributed by atoms with Gasteiger partial charge in [-0.3, -0.25) is 4.79 Å². The molecule has 1 saturated heterocycles. The van der Waals surface area contributed by atoms with Gasteiger partial charge in [0.25, 0.3) is 0 Å². The van der Waals surface area contributed by atoms with Crippen LogP contribution in [0.3, 0.4) is 0 Å². The molecule has 0 spiro atoms. The van der Waals surface area contributed by atoms with Crippen molar-refractivity contribution >= 4 is 17.7 Å². The summed E-state index contributed by atoms with van der Waals surface area (Å²) in [5.41, 5.74) is 1.22. The van der Waals surface area contributed by atoms with Gasteiger partial charge in [-0.05, 0) is 12.0 Å². The highest BCUT2D eigenvalue weighted by Crippen LogP contribution is 2.33.